The number of carbonyl (C=O) groups is 1. The van der Waals surface area contributed by atoms with E-state index in [0.29, 0.717) is 32.1 Å². The van der Waals surface area contributed by atoms with Crippen LogP contribution in [0.1, 0.15) is 152 Å². The molecule has 0 aliphatic carbocycles. The van der Waals surface area contributed by atoms with Crippen LogP contribution in [0.5, 0.6) is 0 Å². The lowest BCUT2D eigenvalue weighted by Crippen LogP contribution is -2.52. The van der Waals surface area contributed by atoms with E-state index in [0.717, 1.165) is 56.8 Å². The molecule has 0 aromatic heterocycles. The van der Waals surface area contributed by atoms with Gasteiger partial charge in [-0.1, -0.05) is 119 Å². The monoisotopic (exact) mass is 903 g/mol. The summed E-state index contributed by atoms with van der Waals surface area (Å²) >= 11 is 0. The molecule has 0 saturated carbocycles. The van der Waals surface area contributed by atoms with Crippen LogP contribution in [0.25, 0.3) is 0 Å². The van der Waals surface area contributed by atoms with Crippen LogP contribution in [0.3, 0.4) is 0 Å². The zero-order valence-electron chi connectivity index (χ0n) is 41.0. The Labute approximate surface area is 366 Å². The highest BCUT2D eigenvalue weighted by Gasteiger charge is 2.45. The molecule has 0 heterocycles. The van der Waals surface area contributed by atoms with Crippen molar-refractivity contribution in [3.05, 3.63) is 29.8 Å². The Hall–Kier alpha value is -0.749. The first kappa shape index (κ1) is 56.3. The molecule has 0 N–H and O–H groups in total. The van der Waals surface area contributed by atoms with Crippen molar-refractivity contribution in [2.75, 3.05) is 13.9 Å². The molecular formula is C46H90O9SSi3. The summed E-state index contributed by atoms with van der Waals surface area (Å²) < 4.78 is 67.3. The number of methoxy groups -OCH3 is 1. The quantitative estimate of drug-likeness (QED) is 0.0255. The van der Waals surface area contributed by atoms with Gasteiger partial charge >= 0.3 is 0 Å². The molecule has 9 nitrogen and oxygen atoms in total. The SMILES string of the molecule is CCCC[C@@H](CCCCC[C@H](OCOC)[C@H](CC[C@@H](O[Si](C)(C)C(C)(C)C)[C@@H](CCC=O)O[Si](C)(C)C(C)(C)C)OS(=O)(=O)c1ccc(C)cc1)O[Si](C)(C)C(C)(C)C. The Morgan fingerprint density at radius 2 is 1.07 bits per heavy atom. The van der Waals surface area contributed by atoms with Crippen molar-refractivity contribution in [3.63, 3.8) is 0 Å². The number of aldehydes is 1. The average Bonchev–Trinajstić information content (AvgIpc) is 3.09. The molecule has 0 spiro atoms. The molecule has 1 aromatic rings. The van der Waals surface area contributed by atoms with Gasteiger partial charge in [-0.25, -0.2) is 0 Å². The number of hydrogen-bond donors (Lipinski definition) is 0. The van der Waals surface area contributed by atoms with Gasteiger partial charge in [0.15, 0.2) is 25.0 Å². The van der Waals surface area contributed by atoms with Gasteiger partial charge in [0, 0.05) is 19.6 Å². The molecular weight excluding hydrogens is 813 g/mol. The largest absolute Gasteiger partial charge is 0.414 e. The number of rotatable bonds is 29. The molecule has 0 radical (unpaired) electrons. The zero-order valence-corrected chi connectivity index (χ0v) is 44.9. The molecule has 0 bridgehead atoms. The highest BCUT2D eigenvalue weighted by atomic mass is 32.2. The highest BCUT2D eigenvalue weighted by Crippen LogP contribution is 2.42. The van der Waals surface area contributed by atoms with Gasteiger partial charge in [0.1, 0.15) is 19.2 Å². The summed E-state index contributed by atoms with van der Waals surface area (Å²) in [6.45, 7) is 37.9. The van der Waals surface area contributed by atoms with Crippen LogP contribution in [0.15, 0.2) is 29.2 Å². The van der Waals surface area contributed by atoms with Crippen molar-refractivity contribution < 1.29 is 40.1 Å². The van der Waals surface area contributed by atoms with Gasteiger partial charge in [-0.3, -0.25) is 4.18 Å². The third kappa shape index (κ3) is 19.3. The summed E-state index contributed by atoms with van der Waals surface area (Å²) in [6.07, 6.45) is 8.52. The maximum absolute atomic E-state index is 14.0. The lowest BCUT2D eigenvalue weighted by Gasteiger charge is -2.45. The van der Waals surface area contributed by atoms with E-state index < -0.39 is 47.3 Å². The molecule has 13 heteroatoms. The number of unbranched alkanes of at least 4 members (excludes halogenated alkanes) is 3. The Morgan fingerprint density at radius 3 is 1.54 bits per heavy atom. The Morgan fingerprint density at radius 1 is 0.610 bits per heavy atom. The molecule has 0 aliphatic heterocycles. The summed E-state index contributed by atoms with van der Waals surface area (Å²) in [5, 5.41) is 0.00255. The van der Waals surface area contributed by atoms with Gasteiger partial charge in [0.05, 0.1) is 23.2 Å². The number of benzene rings is 1. The fraction of sp³-hybridized carbons (Fsp3) is 0.848. The number of ether oxygens (including phenoxy) is 2. The van der Waals surface area contributed by atoms with Gasteiger partial charge in [-0.2, -0.15) is 8.42 Å². The molecule has 0 fully saturated rings. The molecule has 0 unspecified atom stereocenters. The fourth-order valence-corrected chi connectivity index (χ4v) is 11.6. The van der Waals surface area contributed by atoms with Crippen LogP contribution in [0, 0.1) is 6.92 Å². The van der Waals surface area contributed by atoms with E-state index in [1.165, 1.54) is 0 Å². The molecule has 0 aliphatic rings. The fourth-order valence-electron chi connectivity index (χ4n) is 6.25. The molecule has 5 atom stereocenters. The number of hydrogen-bond acceptors (Lipinski definition) is 9. The van der Waals surface area contributed by atoms with Crippen molar-refractivity contribution >= 4 is 41.4 Å². The van der Waals surface area contributed by atoms with Crippen LogP contribution in [0.4, 0.5) is 0 Å². The topological polar surface area (TPSA) is 107 Å². The predicted octanol–water partition coefficient (Wildman–Crippen LogP) is 13.1. The number of aryl methyl sites for hydroxylation is 1. The highest BCUT2D eigenvalue weighted by molar-refractivity contribution is 7.86. The normalized spacial score (nSPS) is 16.4. The molecule has 1 aromatic carbocycles. The van der Waals surface area contributed by atoms with Crippen LogP contribution in [0.2, 0.25) is 54.4 Å². The van der Waals surface area contributed by atoms with Gasteiger partial charge in [-0.15, -0.1) is 0 Å². The lowest BCUT2D eigenvalue weighted by atomic mass is 9.97. The van der Waals surface area contributed by atoms with Gasteiger partial charge in [0.2, 0.25) is 0 Å². The second kappa shape index (κ2) is 24.4. The van der Waals surface area contributed by atoms with Gasteiger partial charge < -0.3 is 27.5 Å². The van der Waals surface area contributed by atoms with Crippen LogP contribution < -0.4 is 0 Å². The Bertz CT molecular complexity index is 1450. The predicted molar refractivity (Wildman–Crippen MR) is 253 cm³/mol. The third-order valence-corrected chi connectivity index (χ3v) is 28.2. The summed E-state index contributed by atoms with van der Waals surface area (Å²) in [6, 6.07) is 6.76. The summed E-state index contributed by atoms with van der Waals surface area (Å²) in [7, 11) is -9.16. The van der Waals surface area contributed by atoms with Crippen molar-refractivity contribution in [1.82, 2.24) is 0 Å². The molecule has 1 rings (SSSR count). The second-order valence-electron chi connectivity index (χ2n) is 21.4. The Kier molecular flexibility index (Phi) is 23.2. The van der Waals surface area contributed by atoms with Crippen molar-refractivity contribution in [2.24, 2.45) is 0 Å². The molecule has 59 heavy (non-hydrogen) atoms. The van der Waals surface area contributed by atoms with Gasteiger partial charge in [0.25, 0.3) is 10.1 Å². The minimum absolute atomic E-state index is 0.00882. The molecule has 0 amide bonds. The van der Waals surface area contributed by atoms with E-state index in [2.05, 4.69) is 109 Å². The second-order valence-corrected chi connectivity index (χ2v) is 37.3. The Balaban J connectivity index is 3.59. The standard InChI is InChI=1S/C46H90O9SSi3/c1-19-20-25-38(53-57(13,14)44(3,4)5)26-22-21-23-27-40(51-36-50-12)41(52-56(48,49)39-31-29-37(2)30-32-39)33-34-43(55-59(17,18)46(9,10)11)42(28-24-35-47)54-58(15,16)45(6,7)8/h29-32,35,38,40-43H,19-28,33-34,36H2,1-18H3/t38-,40-,41-,42+,43+/m0/s1. The summed E-state index contributed by atoms with van der Waals surface area (Å²) in [5.41, 5.74) is 0.960. The van der Waals surface area contributed by atoms with Crippen LogP contribution >= 0.6 is 0 Å². The summed E-state index contributed by atoms with van der Waals surface area (Å²) in [5.74, 6) is 0. The first-order chi connectivity index (χ1) is 26.9. The van der Waals surface area contributed by atoms with E-state index in [9.17, 15) is 13.2 Å². The first-order valence-corrected chi connectivity index (χ1v) is 32.7. The minimum Gasteiger partial charge on any atom is -0.414 e. The van der Waals surface area contributed by atoms with Crippen molar-refractivity contribution in [3.8, 4) is 0 Å². The maximum atomic E-state index is 14.0. The zero-order chi connectivity index (χ0) is 45.5. The van der Waals surface area contributed by atoms with E-state index >= 15 is 0 Å². The van der Waals surface area contributed by atoms with Crippen LogP contribution in [-0.2, 0) is 41.8 Å². The number of carbonyl (C=O) groups excluding carboxylic acids is 1. The molecule has 0 saturated heterocycles. The maximum Gasteiger partial charge on any atom is 0.297 e. The smallest absolute Gasteiger partial charge is 0.297 e. The third-order valence-electron chi connectivity index (χ3n) is 13.3. The van der Waals surface area contributed by atoms with Gasteiger partial charge in [-0.05, 0) is 112 Å². The first-order valence-electron chi connectivity index (χ1n) is 22.5. The van der Waals surface area contributed by atoms with E-state index in [4.69, 9.17) is 26.9 Å². The van der Waals surface area contributed by atoms with Crippen molar-refractivity contribution in [2.45, 2.75) is 243 Å². The van der Waals surface area contributed by atoms with Crippen LogP contribution in [-0.4, -0.2) is 84.1 Å². The van der Waals surface area contributed by atoms with E-state index in [1.54, 1.807) is 31.4 Å². The lowest BCUT2D eigenvalue weighted by molar-refractivity contribution is -0.112. The minimum atomic E-state index is -4.16. The van der Waals surface area contributed by atoms with Crippen molar-refractivity contribution in [1.29, 1.82) is 0 Å². The summed E-state index contributed by atoms with van der Waals surface area (Å²) in [4.78, 5) is 12.0. The molecule has 346 valence electrons. The van der Waals surface area contributed by atoms with E-state index in [-0.39, 0.29) is 45.1 Å². The van der Waals surface area contributed by atoms with E-state index in [1.807, 2.05) is 6.92 Å². The average molecular weight is 904 g/mol.